The summed E-state index contributed by atoms with van der Waals surface area (Å²) in [5, 5.41) is 10.9. The molecule has 4 N–H and O–H groups in total. The first-order valence-electron chi connectivity index (χ1n) is 12.0. The molecule has 4 aromatic rings. The van der Waals surface area contributed by atoms with E-state index in [4.69, 9.17) is 16.1 Å². The Balaban J connectivity index is 0.00000267. The number of imidazole rings is 1. The summed E-state index contributed by atoms with van der Waals surface area (Å²) in [7, 11) is 2.02. The van der Waals surface area contributed by atoms with Crippen LogP contribution in [-0.2, 0) is 30.2 Å². The highest BCUT2D eigenvalue weighted by Crippen LogP contribution is 2.51. The molecule has 3 aromatic carbocycles. The maximum absolute atomic E-state index is 13.7. The number of benzene rings is 3. The third kappa shape index (κ3) is 3.89. The van der Waals surface area contributed by atoms with E-state index in [0.29, 0.717) is 12.1 Å². The summed E-state index contributed by atoms with van der Waals surface area (Å²) in [5.41, 5.74) is 12.1. The molecule has 1 fully saturated rings. The SMILES string of the molecule is Cl.Cn1c(CNc2ccc(C(=N)N)cc2)nc2cc(C3(C(=O)N4CCc5ccccc54)CC3)ccc21. The van der Waals surface area contributed by atoms with Gasteiger partial charge in [0.05, 0.1) is 23.0 Å². The molecule has 1 aromatic heterocycles. The predicted octanol–water partition coefficient (Wildman–Crippen LogP) is 4.51. The second kappa shape index (κ2) is 8.99. The van der Waals surface area contributed by atoms with Gasteiger partial charge in [0.25, 0.3) is 0 Å². The van der Waals surface area contributed by atoms with Crippen molar-refractivity contribution < 1.29 is 4.79 Å². The summed E-state index contributed by atoms with van der Waals surface area (Å²) >= 11 is 0. The van der Waals surface area contributed by atoms with Gasteiger partial charge >= 0.3 is 0 Å². The number of nitrogens with two attached hydrogens (primary N) is 1. The Morgan fingerprint density at radius 2 is 1.86 bits per heavy atom. The number of carbonyl (C=O) groups is 1. The van der Waals surface area contributed by atoms with Crippen LogP contribution in [0.4, 0.5) is 11.4 Å². The van der Waals surface area contributed by atoms with Crippen LogP contribution in [0.5, 0.6) is 0 Å². The Morgan fingerprint density at radius 1 is 1.11 bits per heavy atom. The molecular formula is C28H29ClN6O. The van der Waals surface area contributed by atoms with Crippen molar-refractivity contribution in [3.8, 4) is 0 Å². The molecule has 2 heterocycles. The number of anilines is 2. The average Bonchev–Trinajstić information content (AvgIpc) is 3.48. The molecule has 8 heteroatoms. The maximum Gasteiger partial charge on any atom is 0.237 e. The van der Waals surface area contributed by atoms with Crippen molar-refractivity contribution in [2.24, 2.45) is 12.8 Å². The fourth-order valence-electron chi connectivity index (χ4n) is 5.21. The molecule has 0 radical (unpaired) electrons. The third-order valence-electron chi connectivity index (χ3n) is 7.46. The number of nitrogens with zero attached hydrogens (tertiary/aromatic N) is 3. The van der Waals surface area contributed by atoms with Gasteiger partial charge in [0.15, 0.2) is 0 Å². The van der Waals surface area contributed by atoms with Gasteiger partial charge in [-0.2, -0.15) is 0 Å². The molecule has 36 heavy (non-hydrogen) atoms. The van der Waals surface area contributed by atoms with E-state index in [1.807, 2.05) is 48.3 Å². The maximum atomic E-state index is 13.7. The number of nitrogens with one attached hydrogen (secondary N) is 2. The first-order chi connectivity index (χ1) is 17.0. The van der Waals surface area contributed by atoms with Gasteiger partial charge in [0.2, 0.25) is 5.91 Å². The normalized spacial score (nSPS) is 15.3. The van der Waals surface area contributed by atoms with Crippen LogP contribution in [-0.4, -0.2) is 27.8 Å². The zero-order chi connectivity index (χ0) is 24.2. The van der Waals surface area contributed by atoms with Crippen molar-refractivity contribution in [2.45, 2.75) is 31.2 Å². The molecule has 1 aliphatic heterocycles. The highest BCUT2D eigenvalue weighted by molar-refractivity contribution is 6.05. The lowest BCUT2D eigenvalue weighted by Gasteiger charge is -2.24. The van der Waals surface area contributed by atoms with Crippen LogP contribution in [0.2, 0.25) is 0 Å². The Hall–Kier alpha value is -3.84. The van der Waals surface area contributed by atoms with Crippen molar-refractivity contribution in [1.29, 1.82) is 5.41 Å². The number of para-hydroxylation sites is 1. The number of hydrogen-bond donors (Lipinski definition) is 3. The molecule has 6 rings (SSSR count). The molecule has 184 valence electrons. The summed E-state index contributed by atoms with van der Waals surface area (Å²) < 4.78 is 2.09. The van der Waals surface area contributed by atoms with Gasteiger partial charge in [0, 0.05) is 30.5 Å². The largest absolute Gasteiger partial charge is 0.384 e. The zero-order valence-electron chi connectivity index (χ0n) is 20.1. The minimum atomic E-state index is -0.431. The van der Waals surface area contributed by atoms with E-state index in [1.165, 1.54) is 5.56 Å². The van der Waals surface area contributed by atoms with E-state index in [-0.39, 0.29) is 24.1 Å². The lowest BCUT2D eigenvalue weighted by atomic mass is 9.93. The standard InChI is InChI=1S/C28H28N6O.ClH/c1-33-24-11-8-20(28(13-14-28)27(35)34-15-12-18-4-2-3-5-23(18)34)16-22(24)32-25(33)17-31-21-9-6-19(7-10-21)26(29)30;/h2-11,16,31H,12-15,17H2,1H3,(H3,29,30);1H. The second-order valence-electron chi connectivity index (χ2n) is 9.55. The summed E-state index contributed by atoms with van der Waals surface area (Å²) in [6, 6.07) is 22.0. The molecular weight excluding hydrogens is 472 g/mol. The van der Waals surface area contributed by atoms with E-state index in [9.17, 15) is 4.79 Å². The summed E-state index contributed by atoms with van der Waals surface area (Å²) in [6.45, 7) is 1.32. The summed E-state index contributed by atoms with van der Waals surface area (Å²) in [5.74, 6) is 1.19. The minimum Gasteiger partial charge on any atom is -0.384 e. The van der Waals surface area contributed by atoms with Gasteiger partial charge in [0.1, 0.15) is 11.7 Å². The minimum absolute atomic E-state index is 0. The molecule has 0 unspecified atom stereocenters. The first kappa shape index (κ1) is 23.9. The van der Waals surface area contributed by atoms with Gasteiger partial charge in [-0.1, -0.05) is 24.3 Å². The van der Waals surface area contributed by atoms with Crippen molar-refractivity contribution in [1.82, 2.24) is 9.55 Å². The number of fused-ring (bicyclic) bond motifs is 2. The van der Waals surface area contributed by atoms with Gasteiger partial charge in [-0.25, -0.2) is 4.98 Å². The van der Waals surface area contributed by atoms with Gasteiger partial charge in [-0.15, -0.1) is 12.4 Å². The lowest BCUT2D eigenvalue weighted by Crippen LogP contribution is -2.38. The van der Waals surface area contributed by atoms with Crippen LogP contribution < -0.4 is 16.0 Å². The molecule has 1 amide bonds. The Morgan fingerprint density at radius 3 is 2.58 bits per heavy atom. The van der Waals surface area contributed by atoms with Crippen LogP contribution >= 0.6 is 12.4 Å². The number of amides is 1. The van der Waals surface area contributed by atoms with E-state index < -0.39 is 5.41 Å². The molecule has 7 nitrogen and oxygen atoms in total. The van der Waals surface area contributed by atoms with Crippen LogP contribution in [0, 0.1) is 5.41 Å². The molecule has 1 aliphatic carbocycles. The fraction of sp³-hybridized carbons (Fsp3) is 0.250. The van der Waals surface area contributed by atoms with Crippen molar-refractivity contribution in [3.63, 3.8) is 0 Å². The van der Waals surface area contributed by atoms with E-state index in [1.54, 1.807) is 0 Å². The number of amidine groups is 1. The zero-order valence-corrected chi connectivity index (χ0v) is 20.9. The van der Waals surface area contributed by atoms with Crippen molar-refractivity contribution in [2.75, 3.05) is 16.8 Å². The highest BCUT2D eigenvalue weighted by Gasteiger charge is 2.54. The number of nitrogen functional groups attached to an aromatic ring is 1. The van der Waals surface area contributed by atoms with E-state index >= 15 is 0 Å². The Bertz CT molecular complexity index is 1470. The van der Waals surface area contributed by atoms with Crippen molar-refractivity contribution >= 4 is 46.6 Å². The smallest absolute Gasteiger partial charge is 0.237 e. The predicted molar refractivity (Wildman–Crippen MR) is 146 cm³/mol. The van der Waals surface area contributed by atoms with Gasteiger partial charge in [-0.3, -0.25) is 10.2 Å². The number of rotatable bonds is 6. The number of halogens is 1. The number of carbonyl (C=O) groups excluding carboxylic acids is 1. The summed E-state index contributed by atoms with van der Waals surface area (Å²) in [4.78, 5) is 20.6. The Labute approximate surface area is 216 Å². The Kier molecular flexibility index (Phi) is 5.96. The van der Waals surface area contributed by atoms with Crippen LogP contribution in [0.25, 0.3) is 11.0 Å². The molecule has 1 saturated carbocycles. The molecule has 0 saturated heterocycles. The monoisotopic (exact) mass is 500 g/mol. The van der Waals surface area contributed by atoms with Crippen molar-refractivity contribution in [3.05, 3.63) is 89.2 Å². The number of aryl methyl sites for hydroxylation is 1. The highest BCUT2D eigenvalue weighted by atomic mass is 35.5. The molecule has 0 atom stereocenters. The van der Waals surface area contributed by atoms with E-state index in [0.717, 1.165) is 59.6 Å². The number of aromatic nitrogens is 2. The van der Waals surface area contributed by atoms with Crippen LogP contribution in [0.1, 0.15) is 35.4 Å². The van der Waals surface area contributed by atoms with Crippen LogP contribution in [0.3, 0.4) is 0 Å². The van der Waals surface area contributed by atoms with E-state index in [2.05, 4.69) is 40.2 Å². The topological polar surface area (TPSA) is 100 Å². The van der Waals surface area contributed by atoms with Gasteiger partial charge < -0.3 is 20.5 Å². The first-order valence-corrected chi connectivity index (χ1v) is 12.0. The second-order valence-corrected chi connectivity index (χ2v) is 9.55. The molecule has 0 bridgehead atoms. The third-order valence-corrected chi connectivity index (χ3v) is 7.46. The summed E-state index contributed by atoms with van der Waals surface area (Å²) in [6.07, 6.45) is 2.69. The lowest BCUT2D eigenvalue weighted by molar-refractivity contribution is -0.120. The fourth-order valence-corrected chi connectivity index (χ4v) is 5.21. The van der Waals surface area contributed by atoms with Crippen LogP contribution in [0.15, 0.2) is 66.7 Å². The quantitative estimate of drug-likeness (QED) is 0.268. The molecule has 2 aliphatic rings. The molecule has 0 spiro atoms. The van der Waals surface area contributed by atoms with Gasteiger partial charge in [-0.05, 0) is 72.9 Å². The number of hydrogen-bond acceptors (Lipinski definition) is 4. The average molecular weight is 501 g/mol.